The van der Waals surface area contributed by atoms with Gasteiger partial charge in [0.2, 0.25) is 5.79 Å². The highest BCUT2D eigenvalue weighted by molar-refractivity contribution is 5.04. The molecular formula is C15H24O4. The first-order valence-electron chi connectivity index (χ1n) is 6.83. The van der Waals surface area contributed by atoms with E-state index in [1.807, 2.05) is 26.8 Å². The van der Waals surface area contributed by atoms with E-state index in [2.05, 4.69) is 13.2 Å². The fourth-order valence-electron chi connectivity index (χ4n) is 2.68. The summed E-state index contributed by atoms with van der Waals surface area (Å²) >= 11 is 0. The van der Waals surface area contributed by atoms with Crippen LogP contribution < -0.4 is 0 Å². The van der Waals surface area contributed by atoms with Crippen molar-refractivity contribution in [2.75, 3.05) is 0 Å². The van der Waals surface area contributed by atoms with Gasteiger partial charge in [0.25, 0.3) is 0 Å². The zero-order valence-corrected chi connectivity index (χ0v) is 12.0. The van der Waals surface area contributed by atoms with Crippen LogP contribution in [0.3, 0.4) is 0 Å². The molecule has 5 atom stereocenters. The third-order valence-electron chi connectivity index (χ3n) is 4.38. The second-order valence-electron chi connectivity index (χ2n) is 6.06. The molecule has 108 valence electrons. The molecule has 0 spiro atoms. The van der Waals surface area contributed by atoms with Crippen LogP contribution in [0, 0.1) is 5.92 Å². The van der Waals surface area contributed by atoms with Crippen molar-refractivity contribution < 1.29 is 19.6 Å². The lowest BCUT2D eigenvalue weighted by molar-refractivity contribution is -0.393. The Morgan fingerprint density at radius 3 is 2.68 bits per heavy atom. The maximum Gasteiger partial charge on any atom is 0.207 e. The molecule has 0 aromatic rings. The third-order valence-corrected chi connectivity index (χ3v) is 4.38. The Bertz CT molecular complexity index is 380. The number of aliphatic hydroxyl groups is 1. The van der Waals surface area contributed by atoms with Crippen LogP contribution in [-0.4, -0.2) is 28.7 Å². The average molecular weight is 268 g/mol. The van der Waals surface area contributed by atoms with Gasteiger partial charge in [0.1, 0.15) is 6.10 Å². The van der Waals surface area contributed by atoms with Gasteiger partial charge in [-0.15, -0.1) is 6.58 Å². The Labute approximate surface area is 115 Å². The molecule has 4 nitrogen and oxygen atoms in total. The molecule has 2 saturated heterocycles. The molecule has 0 aromatic heterocycles. The van der Waals surface area contributed by atoms with Gasteiger partial charge in [0.05, 0.1) is 11.7 Å². The first-order chi connectivity index (χ1) is 8.80. The van der Waals surface area contributed by atoms with Crippen LogP contribution in [0.2, 0.25) is 0 Å². The highest BCUT2D eigenvalue weighted by Crippen LogP contribution is 2.42. The Morgan fingerprint density at radius 1 is 1.53 bits per heavy atom. The van der Waals surface area contributed by atoms with Crippen molar-refractivity contribution in [2.45, 2.75) is 63.6 Å². The summed E-state index contributed by atoms with van der Waals surface area (Å²) in [5, 5.41) is 10.6. The standard InChI is InChI=1S/C15H24O4/c1-6-14(5)8-7-12(17-14)11(4)15(16)9-13(10(2)3)18-19-15/h6,11-13,16H,1-2,7-9H2,3-5H3/t11-,12-,13+,14-,15-/m0/s1. The van der Waals surface area contributed by atoms with Crippen molar-refractivity contribution in [2.24, 2.45) is 5.92 Å². The molecule has 0 unspecified atom stereocenters. The van der Waals surface area contributed by atoms with E-state index in [0.717, 1.165) is 18.4 Å². The van der Waals surface area contributed by atoms with Crippen LogP contribution in [0.1, 0.15) is 40.0 Å². The van der Waals surface area contributed by atoms with Crippen molar-refractivity contribution in [3.8, 4) is 0 Å². The molecule has 2 aliphatic heterocycles. The van der Waals surface area contributed by atoms with E-state index in [0.29, 0.717) is 6.42 Å². The molecule has 4 heteroatoms. The summed E-state index contributed by atoms with van der Waals surface area (Å²) in [5.41, 5.74) is 0.550. The minimum Gasteiger partial charge on any atom is -0.368 e. The van der Waals surface area contributed by atoms with E-state index in [1.54, 1.807) is 0 Å². The van der Waals surface area contributed by atoms with Gasteiger partial charge in [-0.3, -0.25) is 0 Å². The van der Waals surface area contributed by atoms with Crippen LogP contribution in [0.15, 0.2) is 24.8 Å². The van der Waals surface area contributed by atoms with Gasteiger partial charge in [-0.1, -0.05) is 19.6 Å². The molecule has 0 saturated carbocycles. The number of ether oxygens (including phenoxy) is 1. The lowest BCUT2D eigenvalue weighted by Gasteiger charge is -2.32. The molecule has 2 heterocycles. The number of rotatable bonds is 4. The van der Waals surface area contributed by atoms with Gasteiger partial charge in [0, 0.05) is 12.3 Å². The van der Waals surface area contributed by atoms with Crippen LogP contribution >= 0.6 is 0 Å². The molecule has 0 amide bonds. The number of hydrogen-bond donors (Lipinski definition) is 1. The molecule has 0 radical (unpaired) electrons. The molecule has 0 aromatic carbocycles. The number of hydrogen-bond acceptors (Lipinski definition) is 4. The first kappa shape index (κ1) is 14.7. The van der Waals surface area contributed by atoms with Gasteiger partial charge >= 0.3 is 0 Å². The van der Waals surface area contributed by atoms with E-state index in [-0.39, 0.29) is 23.7 Å². The topological polar surface area (TPSA) is 47.9 Å². The lowest BCUT2D eigenvalue weighted by atomic mass is 9.88. The molecule has 2 rings (SSSR count). The maximum atomic E-state index is 10.6. The van der Waals surface area contributed by atoms with Crippen molar-refractivity contribution in [1.82, 2.24) is 0 Å². The molecule has 19 heavy (non-hydrogen) atoms. The third kappa shape index (κ3) is 2.77. The summed E-state index contributed by atoms with van der Waals surface area (Å²) in [4.78, 5) is 10.3. The quantitative estimate of drug-likeness (QED) is 0.629. The highest BCUT2D eigenvalue weighted by atomic mass is 17.2. The van der Waals surface area contributed by atoms with Crippen LogP contribution in [0.5, 0.6) is 0 Å². The first-order valence-corrected chi connectivity index (χ1v) is 6.83. The Balaban J connectivity index is 2.03. The zero-order valence-electron chi connectivity index (χ0n) is 12.0. The van der Waals surface area contributed by atoms with E-state index in [4.69, 9.17) is 14.5 Å². The molecule has 0 bridgehead atoms. The normalized spacial score (nSPS) is 44.2. The minimum atomic E-state index is -1.30. The fourth-order valence-corrected chi connectivity index (χ4v) is 2.68. The van der Waals surface area contributed by atoms with Gasteiger partial charge in [-0.25, -0.2) is 9.78 Å². The van der Waals surface area contributed by atoms with Crippen LogP contribution in [0.4, 0.5) is 0 Å². The van der Waals surface area contributed by atoms with Crippen molar-refractivity contribution in [3.63, 3.8) is 0 Å². The summed E-state index contributed by atoms with van der Waals surface area (Å²) in [5.74, 6) is -1.47. The summed E-state index contributed by atoms with van der Waals surface area (Å²) in [6, 6.07) is 0. The lowest BCUT2D eigenvalue weighted by Crippen LogP contribution is -2.43. The molecule has 2 aliphatic rings. The fraction of sp³-hybridized carbons (Fsp3) is 0.733. The van der Waals surface area contributed by atoms with Gasteiger partial charge in [-0.2, -0.15) is 0 Å². The molecular weight excluding hydrogens is 244 g/mol. The largest absolute Gasteiger partial charge is 0.368 e. The predicted molar refractivity (Wildman–Crippen MR) is 72.2 cm³/mol. The van der Waals surface area contributed by atoms with Crippen LogP contribution in [0.25, 0.3) is 0 Å². The Morgan fingerprint density at radius 2 is 2.21 bits per heavy atom. The molecule has 0 aliphatic carbocycles. The second-order valence-corrected chi connectivity index (χ2v) is 6.06. The summed E-state index contributed by atoms with van der Waals surface area (Å²) < 4.78 is 6.00. The minimum absolute atomic E-state index is 0.0551. The smallest absolute Gasteiger partial charge is 0.207 e. The molecule has 1 N–H and O–H groups in total. The SMILES string of the molecule is C=C[C@@]1(C)CC[C@@H]([C@H](C)[C@]2(O)C[C@H](C(=C)C)OO2)O1. The highest BCUT2D eigenvalue weighted by Gasteiger charge is 2.51. The zero-order chi connectivity index (χ0) is 14.3. The van der Waals surface area contributed by atoms with Gasteiger partial charge in [0.15, 0.2) is 0 Å². The van der Waals surface area contributed by atoms with E-state index < -0.39 is 5.79 Å². The Hall–Kier alpha value is -0.680. The van der Waals surface area contributed by atoms with E-state index >= 15 is 0 Å². The average Bonchev–Trinajstić information content (AvgIpc) is 2.94. The summed E-state index contributed by atoms with van der Waals surface area (Å²) in [6.45, 7) is 13.5. The maximum absolute atomic E-state index is 10.6. The van der Waals surface area contributed by atoms with E-state index in [9.17, 15) is 5.11 Å². The monoisotopic (exact) mass is 268 g/mol. The predicted octanol–water partition coefficient (Wildman–Crippen LogP) is 2.73. The summed E-state index contributed by atoms with van der Waals surface area (Å²) in [6.07, 6.45) is 3.71. The Kier molecular flexibility index (Phi) is 3.89. The van der Waals surface area contributed by atoms with Gasteiger partial charge in [-0.05, 0) is 32.3 Å². The van der Waals surface area contributed by atoms with Crippen molar-refractivity contribution in [3.05, 3.63) is 24.8 Å². The molecule has 2 fully saturated rings. The van der Waals surface area contributed by atoms with Crippen molar-refractivity contribution >= 4 is 0 Å². The summed E-state index contributed by atoms with van der Waals surface area (Å²) in [7, 11) is 0. The van der Waals surface area contributed by atoms with Gasteiger partial charge < -0.3 is 9.84 Å². The van der Waals surface area contributed by atoms with Crippen molar-refractivity contribution in [1.29, 1.82) is 0 Å². The van der Waals surface area contributed by atoms with E-state index in [1.165, 1.54) is 0 Å². The second kappa shape index (κ2) is 5.02. The van der Waals surface area contributed by atoms with Crippen LogP contribution in [-0.2, 0) is 14.5 Å².